The van der Waals surface area contributed by atoms with Gasteiger partial charge in [0.15, 0.2) is 11.9 Å². The third-order valence-electron chi connectivity index (χ3n) is 3.06. The molecule has 0 bridgehead atoms. The second-order valence-electron chi connectivity index (χ2n) is 4.85. The third-order valence-corrected chi connectivity index (χ3v) is 3.38. The fraction of sp³-hybridized carbons (Fsp3) is 0.467. The minimum absolute atomic E-state index is 0.146. The Balaban J connectivity index is 2.93. The van der Waals surface area contributed by atoms with Crippen molar-refractivity contribution in [1.82, 2.24) is 10.6 Å². The Bertz CT molecular complexity index is 549. The quantitative estimate of drug-likeness (QED) is 0.498. The van der Waals surface area contributed by atoms with E-state index in [4.69, 9.17) is 22.1 Å². The average Bonchev–Trinajstić information content (AvgIpc) is 2.46. The summed E-state index contributed by atoms with van der Waals surface area (Å²) in [5, 5.41) is 6.12. The van der Waals surface area contributed by atoms with Crippen LogP contribution in [0.3, 0.4) is 0 Å². The molecule has 1 amide bonds. The van der Waals surface area contributed by atoms with Crippen molar-refractivity contribution < 1.29 is 14.3 Å². The molecule has 0 heterocycles. The van der Waals surface area contributed by atoms with Crippen molar-refractivity contribution in [3.8, 4) is 5.75 Å². The number of amides is 1. The maximum atomic E-state index is 12.2. The standard InChI is InChI=1S/C15H22ClN3O3/c1-4-18-5-6-19-15(21)11-7-12(16)13(17)8-14(11)22-10(3)9(2)20/h7-8,10,18H,4-6,17H2,1-3H3,(H,19,21). The molecule has 0 saturated carbocycles. The first-order valence-electron chi connectivity index (χ1n) is 7.11. The van der Waals surface area contributed by atoms with Gasteiger partial charge in [0.25, 0.3) is 5.91 Å². The Labute approximate surface area is 135 Å². The molecule has 1 aromatic rings. The van der Waals surface area contributed by atoms with Gasteiger partial charge < -0.3 is 21.1 Å². The Kier molecular flexibility index (Phi) is 7.14. The van der Waals surface area contributed by atoms with E-state index in [2.05, 4.69) is 10.6 Å². The molecule has 0 aliphatic heterocycles. The van der Waals surface area contributed by atoms with Crippen LogP contribution in [0.25, 0.3) is 0 Å². The molecule has 1 aromatic carbocycles. The van der Waals surface area contributed by atoms with Crippen LogP contribution >= 0.6 is 11.6 Å². The average molecular weight is 328 g/mol. The summed E-state index contributed by atoms with van der Waals surface area (Å²) >= 11 is 5.97. The molecule has 6 nitrogen and oxygen atoms in total. The number of rotatable bonds is 8. The Morgan fingerprint density at radius 3 is 2.64 bits per heavy atom. The van der Waals surface area contributed by atoms with Crippen LogP contribution in [0, 0.1) is 0 Å². The highest BCUT2D eigenvalue weighted by Gasteiger charge is 2.18. The second-order valence-corrected chi connectivity index (χ2v) is 5.26. The van der Waals surface area contributed by atoms with Crippen LogP contribution in [-0.2, 0) is 4.79 Å². The number of likely N-dealkylation sites (N-methyl/N-ethyl adjacent to an activating group) is 1. The molecule has 0 saturated heterocycles. The summed E-state index contributed by atoms with van der Waals surface area (Å²) in [7, 11) is 0. The molecule has 4 N–H and O–H groups in total. The van der Waals surface area contributed by atoms with Gasteiger partial charge in [0.2, 0.25) is 0 Å². The van der Waals surface area contributed by atoms with Crippen LogP contribution in [-0.4, -0.2) is 37.4 Å². The monoisotopic (exact) mass is 327 g/mol. The van der Waals surface area contributed by atoms with Crippen LogP contribution in [0.2, 0.25) is 5.02 Å². The van der Waals surface area contributed by atoms with Crippen molar-refractivity contribution in [2.24, 2.45) is 0 Å². The predicted octanol–water partition coefficient (Wildman–Crippen LogP) is 1.62. The number of hydrogen-bond acceptors (Lipinski definition) is 5. The molecule has 0 aliphatic rings. The normalized spacial score (nSPS) is 11.8. The molecular weight excluding hydrogens is 306 g/mol. The first kappa shape index (κ1) is 18.3. The van der Waals surface area contributed by atoms with Gasteiger partial charge >= 0.3 is 0 Å². The summed E-state index contributed by atoms with van der Waals surface area (Å²) < 4.78 is 5.53. The van der Waals surface area contributed by atoms with Gasteiger partial charge in [-0.3, -0.25) is 9.59 Å². The number of nitrogen functional groups attached to an aromatic ring is 1. The Hall–Kier alpha value is -1.79. The Morgan fingerprint density at radius 2 is 2.05 bits per heavy atom. The molecular formula is C15H22ClN3O3. The zero-order valence-electron chi connectivity index (χ0n) is 13.0. The number of halogens is 1. The van der Waals surface area contributed by atoms with Gasteiger partial charge in [-0.25, -0.2) is 0 Å². The summed E-state index contributed by atoms with van der Waals surface area (Å²) in [6.45, 7) is 6.96. The third kappa shape index (κ3) is 5.20. The molecule has 1 unspecified atom stereocenters. The number of ketones is 1. The maximum absolute atomic E-state index is 12.2. The number of anilines is 1. The summed E-state index contributed by atoms with van der Waals surface area (Å²) in [6, 6.07) is 2.91. The van der Waals surface area contributed by atoms with E-state index in [0.29, 0.717) is 13.1 Å². The van der Waals surface area contributed by atoms with Gasteiger partial charge in [-0.05, 0) is 26.5 Å². The van der Waals surface area contributed by atoms with Crippen molar-refractivity contribution in [2.75, 3.05) is 25.4 Å². The topological polar surface area (TPSA) is 93.4 Å². The highest BCUT2D eigenvalue weighted by molar-refractivity contribution is 6.33. The largest absolute Gasteiger partial charge is 0.482 e. The molecule has 0 aliphatic carbocycles. The number of benzene rings is 1. The number of hydrogen-bond donors (Lipinski definition) is 3. The van der Waals surface area contributed by atoms with E-state index in [-0.39, 0.29) is 33.7 Å². The van der Waals surface area contributed by atoms with Crippen LogP contribution < -0.4 is 21.1 Å². The minimum Gasteiger partial charge on any atom is -0.482 e. The van der Waals surface area contributed by atoms with Crippen molar-refractivity contribution in [1.29, 1.82) is 0 Å². The van der Waals surface area contributed by atoms with E-state index in [1.54, 1.807) is 6.92 Å². The smallest absolute Gasteiger partial charge is 0.255 e. The van der Waals surface area contributed by atoms with Gasteiger partial charge in [0.05, 0.1) is 16.3 Å². The van der Waals surface area contributed by atoms with E-state index in [1.165, 1.54) is 19.1 Å². The first-order chi connectivity index (χ1) is 10.4. The number of carbonyl (C=O) groups excluding carboxylic acids is 2. The van der Waals surface area contributed by atoms with Crippen molar-refractivity contribution in [3.05, 3.63) is 22.7 Å². The lowest BCUT2D eigenvalue weighted by atomic mass is 10.1. The maximum Gasteiger partial charge on any atom is 0.255 e. The molecule has 122 valence electrons. The van der Waals surface area contributed by atoms with Gasteiger partial charge in [0.1, 0.15) is 5.75 Å². The van der Waals surface area contributed by atoms with Gasteiger partial charge in [-0.2, -0.15) is 0 Å². The van der Waals surface area contributed by atoms with Crippen molar-refractivity contribution in [2.45, 2.75) is 26.9 Å². The fourth-order valence-electron chi connectivity index (χ4n) is 1.65. The van der Waals surface area contributed by atoms with Crippen molar-refractivity contribution in [3.63, 3.8) is 0 Å². The highest BCUT2D eigenvalue weighted by Crippen LogP contribution is 2.29. The van der Waals surface area contributed by atoms with E-state index in [9.17, 15) is 9.59 Å². The van der Waals surface area contributed by atoms with Crippen LogP contribution in [0.5, 0.6) is 5.75 Å². The number of nitrogens with two attached hydrogens (primary N) is 1. The first-order valence-corrected chi connectivity index (χ1v) is 7.49. The Morgan fingerprint density at radius 1 is 1.36 bits per heavy atom. The van der Waals surface area contributed by atoms with Gasteiger partial charge in [0, 0.05) is 19.2 Å². The molecule has 0 fully saturated rings. The second kappa shape index (κ2) is 8.60. The molecule has 0 aromatic heterocycles. The van der Waals surface area contributed by atoms with Gasteiger partial charge in [-0.15, -0.1) is 0 Å². The van der Waals surface area contributed by atoms with Crippen LogP contribution in [0.15, 0.2) is 12.1 Å². The lowest BCUT2D eigenvalue weighted by Crippen LogP contribution is -2.32. The molecule has 0 radical (unpaired) electrons. The number of Topliss-reactive ketones (excluding diaryl/α,β-unsaturated/α-hetero) is 1. The lowest BCUT2D eigenvalue weighted by molar-refractivity contribution is -0.122. The fourth-order valence-corrected chi connectivity index (χ4v) is 1.82. The molecule has 1 atom stereocenters. The molecule has 0 spiro atoms. The minimum atomic E-state index is -0.672. The summed E-state index contributed by atoms with van der Waals surface area (Å²) in [4.78, 5) is 23.6. The molecule has 1 rings (SSSR count). The summed E-state index contributed by atoms with van der Waals surface area (Å²) in [5.41, 5.74) is 6.28. The van der Waals surface area contributed by atoms with Crippen LogP contribution in [0.1, 0.15) is 31.1 Å². The van der Waals surface area contributed by atoms with Gasteiger partial charge in [-0.1, -0.05) is 18.5 Å². The lowest BCUT2D eigenvalue weighted by Gasteiger charge is -2.16. The predicted molar refractivity (Wildman–Crippen MR) is 87.5 cm³/mol. The highest BCUT2D eigenvalue weighted by atomic mass is 35.5. The van der Waals surface area contributed by atoms with Crippen LogP contribution in [0.4, 0.5) is 5.69 Å². The SMILES string of the molecule is CCNCCNC(=O)c1cc(Cl)c(N)cc1OC(C)C(C)=O. The number of nitrogens with one attached hydrogen (secondary N) is 2. The zero-order valence-corrected chi connectivity index (χ0v) is 13.8. The van der Waals surface area contributed by atoms with E-state index < -0.39 is 6.10 Å². The van der Waals surface area contributed by atoms with E-state index >= 15 is 0 Å². The zero-order chi connectivity index (χ0) is 16.7. The molecule has 7 heteroatoms. The summed E-state index contributed by atoms with van der Waals surface area (Å²) in [6.07, 6.45) is -0.672. The van der Waals surface area contributed by atoms with E-state index in [1.807, 2.05) is 6.92 Å². The van der Waals surface area contributed by atoms with Crippen molar-refractivity contribution >= 4 is 29.0 Å². The number of carbonyl (C=O) groups is 2. The summed E-state index contributed by atoms with van der Waals surface area (Å²) in [5.74, 6) is -0.233. The molecule has 22 heavy (non-hydrogen) atoms. The number of ether oxygens (including phenoxy) is 1. The van der Waals surface area contributed by atoms with E-state index in [0.717, 1.165) is 6.54 Å².